The lowest BCUT2D eigenvalue weighted by Gasteiger charge is -2.26. The molecule has 0 saturated carbocycles. The molecule has 0 bridgehead atoms. The van der Waals surface area contributed by atoms with Gasteiger partial charge in [-0.1, -0.05) is 26.7 Å². The zero-order valence-electron chi connectivity index (χ0n) is 12.3. The molecule has 2 atom stereocenters. The van der Waals surface area contributed by atoms with Gasteiger partial charge in [0.25, 0.3) is 0 Å². The summed E-state index contributed by atoms with van der Waals surface area (Å²) in [5.74, 6) is 0.416. The third-order valence-corrected chi connectivity index (χ3v) is 5.35. The van der Waals surface area contributed by atoms with Crippen molar-refractivity contribution in [1.82, 2.24) is 10.3 Å². The second kappa shape index (κ2) is 6.82. The molecule has 1 aliphatic rings. The molecule has 0 aromatic carbocycles. The van der Waals surface area contributed by atoms with Gasteiger partial charge in [-0.05, 0) is 32.1 Å². The van der Waals surface area contributed by atoms with E-state index in [1.807, 2.05) is 11.3 Å². The first-order valence-corrected chi connectivity index (χ1v) is 8.35. The van der Waals surface area contributed by atoms with E-state index in [0.717, 1.165) is 19.3 Å². The number of hydrogen-bond acceptors (Lipinski definition) is 4. The Morgan fingerprint density at radius 2 is 2.16 bits per heavy atom. The molecule has 2 N–H and O–H groups in total. The number of aliphatic hydroxyl groups is 1. The first-order chi connectivity index (χ1) is 9.15. The normalized spacial score (nSPS) is 20.6. The Labute approximate surface area is 120 Å². The van der Waals surface area contributed by atoms with Crippen molar-refractivity contribution in [3.8, 4) is 0 Å². The van der Waals surface area contributed by atoms with Crippen LogP contribution in [0.3, 0.4) is 0 Å². The monoisotopic (exact) mass is 282 g/mol. The van der Waals surface area contributed by atoms with Gasteiger partial charge in [-0.15, -0.1) is 11.3 Å². The third-order valence-electron chi connectivity index (χ3n) is 4.22. The van der Waals surface area contributed by atoms with Crippen LogP contribution in [0.4, 0.5) is 0 Å². The van der Waals surface area contributed by atoms with Crippen molar-refractivity contribution in [2.75, 3.05) is 6.54 Å². The van der Waals surface area contributed by atoms with E-state index < -0.39 is 0 Å². The zero-order chi connectivity index (χ0) is 13.8. The number of nitrogens with zero attached hydrogens (tertiary/aromatic N) is 1. The fourth-order valence-corrected chi connectivity index (χ4v) is 4.08. The van der Waals surface area contributed by atoms with E-state index in [1.165, 1.54) is 28.4 Å². The molecular weight excluding hydrogens is 256 g/mol. The molecule has 4 heteroatoms. The Morgan fingerprint density at radius 3 is 2.84 bits per heavy atom. The van der Waals surface area contributed by atoms with Crippen molar-refractivity contribution in [3.05, 3.63) is 15.6 Å². The molecule has 0 radical (unpaired) electrons. The van der Waals surface area contributed by atoms with Gasteiger partial charge in [-0.25, -0.2) is 4.98 Å². The summed E-state index contributed by atoms with van der Waals surface area (Å²) in [6.45, 7) is 7.10. The molecule has 0 amide bonds. The molecule has 108 valence electrons. The molecule has 2 rings (SSSR count). The van der Waals surface area contributed by atoms with Crippen molar-refractivity contribution in [3.63, 3.8) is 0 Å². The second-order valence-electron chi connectivity index (χ2n) is 5.54. The average molecular weight is 282 g/mol. The van der Waals surface area contributed by atoms with Gasteiger partial charge in [0, 0.05) is 17.5 Å². The lowest BCUT2D eigenvalue weighted by Crippen LogP contribution is -2.35. The first-order valence-electron chi connectivity index (χ1n) is 7.53. The lowest BCUT2D eigenvalue weighted by atomic mass is 9.94. The summed E-state index contributed by atoms with van der Waals surface area (Å²) >= 11 is 1.81. The van der Waals surface area contributed by atoms with Crippen molar-refractivity contribution in [1.29, 1.82) is 0 Å². The van der Waals surface area contributed by atoms with Crippen LogP contribution in [0.5, 0.6) is 0 Å². The van der Waals surface area contributed by atoms with E-state index in [9.17, 15) is 5.11 Å². The highest BCUT2D eigenvalue weighted by molar-refractivity contribution is 7.11. The lowest BCUT2D eigenvalue weighted by molar-refractivity contribution is 0.0976. The van der Waals surface area contributed by atoms with Gasteiger partial charge in [0.05, 0.1) is 16.8 Å². The number of hydrogen-bond donors (Lipinski definition) is 2. The van der Waals surface area contributed by atoms with Gasteiger partial charge in [-0.2, -0.15) is 0 Å². The number of fused-ring (bicyclic) bond motifs is 1. The Bertz CT molecular complexity index is 401. The Morgan fingerprint density at radius 1 is 1.42 bits per heavy atom. The second-order valence-corrected chi connectivity index (χ2v) is 6.78. The summed E-state index contributed by atoms with van der Waals surface area (Å²) in [6, 6.07) is 0.402. The molecule has 3 nitrogen and oxygen atoms in total. The van der Waals surface area contributed by atoms with Gasteiger partial charge in [0.1, 0.15) is 0 Å². The van der Waals surface area contributed by atoms with Crippen LogP contribution in [0, 0.1) is 12.8 Å². The SMILES string of the molecule is CCC(CC)C(O)CNC1CCCc2nc(C)sc21. The van der Waals surface area contributed by atoms with Crippen molar-refractivity contribution in [2.45, 2.75) is 65.0 Å². The van der Waals surface area contributed by atoms with Crippen molar-refractivity contribution >= 4 is 11.3 Å². The summed E-state index contributed by atoms with van der Waals surface area (Å²) in [5, 5.41) is 14.9. The van der Waals surface area contributed by atoms with E-state index in [-0.39, 0.29) is 6.10 Å². The van der Waals surface area contributed by atoms with Crippen LogP contribution >= 0.6 is 11.3 Å². The highest BCUT2D eigenvalue weighted by atomic mass is 32.1. The van der Waals surface area contributed by atoms with Gasteiger partial charge in [0.15, 0.2) is 0 Å². The highest BCUT2D eigenvalue weighted by Crippen LogP contribution is 2.34. The Balaban J connectivity index is 1.94. The fraction of sp³-hybridized carbons (Fsp3) is 0.800. The standard InChI is InChI=1S/C15H26N2OS/c1-4-11(5-2)14(18)9-16-12-7-6-8-13-15(12)19-10(3)17-13/h11-12,14,16,18H,4-9H2,1-3H3. The van der Waals surface area contributed by atoms with Crippen LogP contribution in [0.15, 0.2) is 0 Å². The van der Waals surface area contributed by atoms with Crippen LogP contribution in [0.25, 0.3) is 0 Å². The molecule has 0 aliphatic heterocycles. The Hall–Kier alpha value is -0.450. The molecule has 1 aliphatic carbocycles. The maximum Gasteiger partial charge on any atom is 0.0900 e. The largest absolute Gasteiger partial charge is 0.392 e. The number of aromatic nitrogens is 1. The molecular formula is C15H26N2OS. The van der Waals surface area contributed by atoms with E-state index >= 15 is 0 Å². The maximum absolute atomic E-state index is 10.2. The minimum absolute atomic E-state index is 0.227. The van der Waals surface area contributed by atoms with Gasteiger partial charge < -0.3 is 10.4 Å². The molecule has 1 aromatic heterocycles. The van der Waals surface area contributed by atoms with Crippen molar-refractivity contribution < 1.29 is 5.11 Å². The van der Waals surface area contributed by atoms with Crippen LogP contribution in [-0.2, 0) is 6.42 Å². The molecule has 0 saturated heterocycles. The summed E-state index contributed by atoms with van der Waals surface area (Å²) in [4.78, 5) is 6.02. The van der Waals surface area contributed by atoms with Crippen LogP contribution in [0.2, 0.25) is 0 Å². The summed E-state index contributed by atoms with van der Waals surface area (Å²) in [5.41, 5.74) is 1.28. The predicted molar refractivity (Wildman–Crippen MR) is 80.6 cm³/mol. The summed E-state index contributed by atoms with van der Waals surface area (Å²) in [6.07, 6.45) is 5.37. The van der Waals surface area contributed by atoms with Crippen molar-refractivity contribution in [2.24, 2.45) is 5.92 Å². The topological polar surface area (TPSA) is 45.1 Å². The number of nitrogens with one attached hydrogen (secondary N) is 1. The number of aliphatic hydroxyl groups excluding tert-OH is 1. The van der Waals surface area contributed by atoms with E-state index in [2.05, 4.69) is 31.1 Å². The zero-order valence-corrected chi connectivity index (χ0v) is 13.1. The third kappa shape index (κ3) is 3.56. The molecule has 2 unspecified atom stereocenters. The Kier molecular flexibility index (Phi) is 5.37. The fourth-order valence-electron chi connectivity index (χ4n) is 3.00. The highest BCUT2D eigenvalue weighted by Gasteiger charge is 2.25. The molecule has 0 fully saturated rings. The minimum Gasteiger partial charge on any atom is -0.392 e. The van der Waals surface area contributed by atoms with Crippen LogP contribution < -0.4 is 5.32 Å². The quantitative estimate of drug-likeness (QED) is 0.842. The first kappa shape index (κ1) is 14.9. The number of thiazole rings is 1. The molecule has 19 heavy (non-hydrogen) atoms. The van der Waals surface area contributed by atoms with E-state index in [0.29, 0.717) is 18.5 Å². The minimum atomic E-state index is -0.227. The number of aryl methyl sites for hydroxylation is 2. The predicted octanol–water partition coefficient (Wildman–Crippen LogP) is 3.22. The van der Waals surface area contributed by atoms with Crippen LogP contribution in [-0.4, -0.2) is 22.7 Å². The molecule has 1 heterocycles. The van der Waals surface area contributed by atoms with E-state index in [1.54, 1.807) is 0 Å². The smallest absolute Gasteiger partial charge is 0.0900 e. The summed E-state index contributed by atoms with van der Waals surface area (Å²) < 4.78 is 0. The van der Waals surface area contributed by atoms with Gasteiger partial charge in [-0.3, -0.25) is 0 Å². The maximum atomic E-state index is 10.2. The average Bonchev–Trinajstić information content (AvgIpc) is 2.78. The summed E-state index contributed by atoms with van der Waals surface area (Å²) in [7, 11) is 0. The van der Waals surface area contributed by atoms with Gasteiger partial charge >= 0.3 is 0 Å². The van der Waals surface area contributed by atoms with E-state index in [4.69, 9.17) is 0 Å². The molecule has 1 aromatic rings. The van der Waals surface area contributed by atoms with Crippen LogP contribution in [0.1, 0.15) is 61.2 Å². The van der Waals surface area contributed by atoms with Gasteiger partial charge in [0.2, 0.25) is 0 Å². The molecule has 0 spiro atoms. The number of rotatable bonds is 6.